The Morgan fingerprint density at radius 3 is 2.60 bits per heavy atom. The molecule has 0 bridgehead atoms. The van der Waals surface area contributed by atoms with Crippen molar-refractivity contribution in [3.8, 4) is 0 Å². The number of hydrogen-bond donors (Lipinski definition) is 3. The van der Waals surface area contributed by atoms with Crippen LogP contribution in [0, 0.1) is 5.92 Å². The SMILES string of the molecule is CSc1ccc(NC(=O)NC2COCC2C(=O)O)cc1. The zero-order valence-electron chi connectivity index (χ0n) is 11.0. The number of ether oxygens (including phenoxy) is 1. The van der Waals surface area contributed by atoms with Crippen LogP contribution in [0.2, 0.25) is 0 Å². The van der Waals surface area contributed by atoms with Gasteiger partial charge in [-0.05, 0) is 30.5 Å². The van der Waals surface area contributed by atoms with Crippen molar-refractivity contribution in [1.29, 1.82) is 0 Å². The van der Waals surface area contributed by atoms with Crippen molar-refractivity contribution in [2.24, 2.45) is 5.92 Å². The van der Waals surface area contributed by atoms with Gasteiger partial charge in [0.1, 0.15) is 5.92 Å². The highest BCUT2D eigenvalue weighted by molar-refractivity contribution is 7.98. The lowest BCUT2D eigenvalue weighted by Gasteiger charge is -2.16. The van der Waals surface area contributed by atoms with Gasteiger partial charge in [0, 0.05) is 10.6 Å². The molecule has 0 aliphatic carbocycles. The van der Waals surface area contributed by atoms with Crippen molar-refractivity contribution in [3.05, 3.63) is 24.3 Å². The van der Waals surface area contributed by atoms with Gasteiger partial charge in [0.25, 0.3) is 0 Å². The van der Waals surface area contributed by atoms with E-state index in [4.69, 9.17) is 9.84 Å². The Hall–Kier alpha value is -1.73. The number of carbonyl (C=O) groups excluding carboxylic acids is 1. The number of carboxylic acids is 1. The van der Waals surface area contributed by atoms with Crippen molar-refractivity contribution in [1.82, 2.24) is 5.32 Å². The van der Waals surface area contributed by atoms with E-state index in [2.05, 4.69) is 10.6 Å². The first-order valence-corrected chi connectivity index (χ1v) is 7.34. The summed E-state index contributed by atoms with van der Waals surface area (Å²) >= 11 is 1.62. The van der Waals surface area contributed by atoms with E-state index in [-0.39, 0.29) is 13.2 Å². The van der Waals surface area contributed by atoms with Crippen LogP contribution in [0.3, 0.4) is 0 Å². The van der Waals surface area contributed by atoms with Gasteiger partial charge in [-0.1, -0.05) is 0 Å². The lowest BCUT2D eigenvalue weighted by atomic mass is 10.0. The third-order valence-corrected chi connectivity index (χ3v) is 3.81. The van der Waals surface area contributed by atoms with Gasteiger partial charge in [0.15, 0.2) is 0 Å². The fraction of sp³-hybridized carbons (Fsp3) is 0.385. The Labute approximate surface area is 120 Å². The number of anilines is 1. The summed E-state index contributed by atoms with van der Waals surface area (Å²) in [5.41, 5.74) is 0.658. The molecule has 1 aliphatic heterocycles. The molecule has 0 aromatic heterocycles. The second-order valence-corrected chi connectivity index (χ2v) is 5.30. The summed E-state index contributed by atoms with van der Waals surface area (Å²) in [5.74, 6) is -1.66. The van der Waals surface area contributed by atoms with E-state index in [0.29, 0.717) is 5.69 Å². The van der Waals surface area contributed by atoms with Crippen LogP contribution in [0.15, 0.2) is 29.2 Å². The lowest BCUT2D eigenvalue weighted by Crippen LogP contribution is -2.44. The van der Waals surface area contributed by atoms with Gasteiger partial charge in [-0.3, -0.25) is 4.79 Å². The number of carboxylic acid groups (broad SMARTS) is 1. The molecule has 1 aliphatic rings. The highest BCUT2D eigenvalue weighted by atomic mass is 32.2. The number of benzene rings is 1. The minimum absolute atomic E-state index is 0.128. The Kier molecular flexibility index (Phi) is 4.86. The Balaban J connectivity index is 1.90. The van der Waals surface area contributed by atoms with Gasteiger partial charge in [-0.2, -0.15) is 0 Å². The van der Waals surface area contributed by atoms with Crippen LogP contribution in [0.4, 0.5) is 10.5 Å². The van der Waals surface area contributed by atoms with Crippen molar-refractivity contribution in [2.45, 2.75) is 10.9 Å². The maximum atomic E-state index is 11.8. The molecule has 108 valence electrons. The molecule has 20 heavy (non-hydrogen) atoms. The molecule has 1 fully saturated rings. The van der Waals surface area contributed by atoms with E-state index < -0.39 is 24.0 Å². The largest absolute Gasteiger partial charge is 0.481 e. The first kappa shape index (κ1) is 14.7. The molecule has 2 rings (SSSR count). The molecule has 2 amide bonds. The number of carbonyl (C=O) groups is 2. The van der Waals surface area contributed by atoms with Crippen LogP contribution in [-0.2, 0) is 9.53 Å². The van der Waals surface area contributed by atoms with E-state index in [1.165, 1.54) is 0 Å². The lowest BCUT2D eigenvalue weighted by molar-refractivity contribution is -0.142. The molecule has 1 aromatic rings. The molecule has 1 aromatic carbocycles. The van der Waals surface area contributed by atoms with Gasteiger partial charge >= 0.3 is 12.0 Å². The minimum atomic E-state index is -0.961. The smallest absolute Gasteiger partial charge is 0.319 e. The highest BCUT2D eigenvalue weighted by Crippen LogP contribution is 2.18. The minimum Gasteiger partial charge on any atom is -0.481 e. The first-order valence-electron chi connectivity index (χ1n) is 6.12. The fourth-order valence-corrected chi connectivity index (χ4v) is 2.36. The van der Waals surface area contributed by atoms with Crippen LogP contribution >= 0.6 is 11.8 Å². The summed E-state index contributed by atoms with van der Waals surface area (Å²) in [7, 11) is 0. The van der Waals surface area contributed by atoms with Crippen LogP contribution in [-0.4, -0.2) is 42.6 Å². The summed E-state index contributed by atoms with van der Waals surface area (Å²) in [4.78, 5) is 23.9. The number of aliphatic carboxylic acids is 1. The second-order valence-electron chi connectivity index (χ2n) is 4.42. The molecule has 3 N–H and O–H groups in total. The summed E-state index contributed by atoms with van der Waals surface area (Å²) in [6.45, 7) is 0.346. The second kappa shape index (κ2) is 6.62. The molecular weight excluding hydrogens is 280 g/mol. The normalized spacial score (nSPS) is 21.4. The molecule has 1 saturated heterocycles. The predicted molar refractivity (Wildman–Crippen MR) is 76.1 cm³/mol. The van der Waals surface area contributed by atoms with E-state index in [1.54, 1.807) is 23.9 Å². The molecule has 0 saturated carbocycles. The number of urea groups is 1. The average Bonchev–Trinajstić information content (AvgIpc) is 2.87. The van der Waals surface area contributed by atoms with Gasteiger partial charge in [0.05, 0.1) is 19.3 Å². The summed E-state index contributed by atoms with van der Waals surface area (Å²) < 4.78 is 5.09. The molecule has 0 radical (unpaired) electrons. The summed E-state index contributed by atoms with van der Waals surface area (Å²) in [5, 5.41) is 14.3. The first-order chi connectivity index (χ1) is 9.60. The summed E-state index contributed by atoms with van der Waals surface area (Å²) in [6.07, 6.45) is 1.97. The number of nitrogens with one attached hydrogen (secondary N) is 2. The quantitative estimate of drug-likeness (QED) is 0.735. The molecule has 2 unspecified atom stereocenters. The topological polar surface area (TPSA) is 87.7 Å². The van der Waals surface area contributed by atoms with Crippen molar-refractivity contribution in [3.63, 3.8) is 0 Å². The highest BCUT2D eigenvalue weighted by Gasteiger charge is 2.35. The van der Waals surface area contributed by atoms with Gasteiger partial charge in [0.2, 0.25) is 0 Å². The third-order valence-electron chi connectivity index (χ3n) is 3.06. The van der Waals surface area contributed by atoms with Crippen molar-refractivity contribution >= 4 is 29.4 Å². The van der Waals surface area contributed by atoms with Crippen LogP contribution in [0.1, 0.15) is 0 Å². The summed E-state index contributed by atoms with van der Waals surface area (Å²) in [6, 6.07) is 6.47. The standard InChI is InChI=1S/C13H16N2O4S/c1-20-9-4-2-8(3-5-9)14-13(18)15-11-7-19-6-10(11)12(16)17/h2-5,10-11H,6-7H2,1H3,(H,16,17)(H2,14,15,18). The van der Waals surface area contributed by atoms with E-state index in [0.717, 1.165) is 4.90 Å². The van der Waals surface area contributed by atoms with Gasteiger partial charge in [-0.15, -0.1) is 11.8 Å². The zero-order valence-corrected chi connectivity index (χ0v) is 11.8. The maximum Gasteiger partial charge on any atom is 0.319 e. The predicted octanol–water partition coefficient (Wildman–Crippen LogP) is 1.63. The molecular formula is C13H16N2O4S. The van der Waals surface area contributed by atoms with Crippen molar-refractivity contribution in [2.75, 3.05) is 24.8 Å². The Morgan fingerprint density at radius 1 is 1.30 bits per heavy atom. The van der Waals surface area contributed by atoms with E-state index >= 15 is 0 Å². The number of rotatable bonds is 4. The molecule has 1 heterocycles. The van der Waals surface area contributed by atoms with Crippen LogP contribution < -0.4 is 10.6 Å². The maximum absolute atomic E-state index is 11.8. The van der Waals surface area contributed by atoms with E-state index in [9.17, 15) is 9.59 Å². The number of hydrogen-bond acceptors (Lipinski definition) is 4. The number of thioether (sulfide) groups is 1. The Morgan fingerprint density at radius 2 is 2.00 bits per heavy atom. The van der Waals surface area contributed by atoms with E-state index in [1.807, 2.05) is 18.4 Å². The molecule has 2 atom stereocenters. The van der Waals surface area contributed by atoms with Crippen LogP contribution in [0.5, 0.6) is 0 Å². The fourth-order valence-electron chi connectivity index (χ4n) is 1.95. The van der Waals surface area contributed by atoms with Gasteiger partial charge in [-0.25, -0.2) is 4.79 Å². The van der Waals surface area contributed by atoms with Gasteiger partial charge < -0.3 is 20.5 Å². The number of amides is 2. The monoisotopic (exact) mass is 296 g/mol. The zero-order chi connectivity index (χ0) is 14.5. The van der Waals surface area contributed by atoms with Crippen LogP contribution in [0.25, 0.3) is 0 Å². The molecule has 7 heteroatoms. The Bertz CT molecular complexity index is 492. The van der Waals surface area contributed by atoms with Crippen molar-refractivity contribution < 1.29 is 19.4 Å². The molecule has 0 spiro atoms. The molecule has 6 nitrogen and oxygen atoms in total. The third kappa shape index (κ3) is 3.64. The average molecular weight is 296 g/mol.